The van der Waals surface area contributed by atoms with Gasteiger partial charge in [-0.3, -0.25) is 0 Å². The first-order valence-corrected chi connectivity index (χ1v) is 8.65. The smallest absolute Gasteiger partial charge is 0.231 e. The molecule has 0 radical (unpaired) electrons. The van der Waals surface area contributed by atoms with E-state index >= 15 is 0 Å². The number of benzene rings is 2. The first-order chi connectivity index (χ1) is 12.7. The van der Waals surface area contributed by atoms with Gasteiger partial charge in [0.25, 0.3) is 0 Å². The average Bonchev–Trinajstić information content (AvgIpc) is 3.30. The quantitative estimate of drug-likeness (QED) is 0.702. The molecule has 5 nitrogen and oxygen atoms in total. The van der Waals surface area contributed by atoms with Crippen LogP contribution in [-0.2, 0) is 13.1 Å². The second-order valence-corrected chi connectivity index (χ2v) is 6.36. The number of fused-ring (bicyclic) bond motifs is 1. The van der Waals surface area contributed by atoms with Gasteiger partial charge in [-0.05, 0) is 42.3 Å². The zero-order chi connectivity index (χ0) is 17.9. The summed E-state index contributed by atoms with van der Waals surface area (Å²) in [5.74, 6) is 3.29. The van der Waals surface area contributed by atoms with Crippen LogP contribution in [0.1, 0.15) is 29.9 Å². The Balaban J connectivity index is 1.35. The van der Waals surface area contributed by atoms with Crippen molar-refractivity contribution < 1.29 is 19.0 Å². The van der Waals surface area contributed by atoms with Gasteiger partial charge in [-0.2, -0.15) is 0 Å². The van der Waals surface area contributed by atoms with E-state index in [0.29, 0.717) is 13.3 Å². The lowest BCUT2D eigenvalue weighted by Crippen LogP contribution is -2.11. The Hall–Kier alpha value is -2.76. The largest absolute Gasteiger partial charge is 0.460 e. The molecule has 2 heterocycles. The van der Waals surface area contributed by atoms with E-state index in [1.807, 2.05) is 54.6 Å². The molecule has 2 aromatic carbocycles. The first kappa shape index (κ1) is 16.7. The summed E-state index contributed by atoms with van der Waals surface area (Å²) in [5.41, 5.74) is 3.03. The molecule has 0 aliphatic carbocycles. The molecule has 1 atom stereocenters. The molecule has 3 aromatic rings. The lowest BCUT2D eigenvalue weighted by Gasteiger charge is -2.05. The van der Waals surface area contributed by atoms with Crippen LogP contribution in [0.5, 0.6) is 11.5 Å². The van der Waals surface area contributed by atoms with Crippen LogP contribution in [-0.4, -0.2) is 11.9 Å². The molecule has 0 amide bonds. The van der Waals surface area contributed by atoms with Crippen molar-refractivity contribution in [3.63, 3.8) is 0 Å². The Bertz CT molecular complexity index is 883. The molecule has 1 aliphatic heterocycles. The van der Waals surface area contributed by atoms with E-state index in [0.717, 1.165) is 46.3 Å². The van der Waals surface area contributed by atoms with E-state index in [1.165, 1.54) is 0 Å². The fraction of sp³-hybridized carbons (Fsp3) is 0.238. The van der Waals surface area contributed by atoms with Gasteiger partial charge in [-0.15, -0.1) is 0 Å². The number of nitrogens with one attached hydrogen (secondary N) is 1. The number of hydrogen-bond acceptors (Lipinski definition) is 5. The number of aliphatic hydroxyl groups excluding tert-OH is 1. The van der Waals surface area contributed by atoms with E-state index in [2.05, 4.69) is 5.32 Å². The van der Waals surface area contributed by atoms with Crippen molar-refractivity contribution in [3.8, 4) is 22.8 Å². The minimum absolute atomic E-state index is 0.291. The monoisotopic (exact) mass is 351 g/mol. The van der Waals surface area contributed by atoms with E-state index < -0.39 is 6.10 Å². The summed E-state index contributed by atoms with van der Waals surface area (Å²) in [7, 11) is 0. The number of rotatable bonds is 6. The Labute approximate surface area is 152 Å². The highest BCUT2D eigenvalue weighted by atomic mass is 16.7. The standard InChI is InChI=1S/C21H21NO4/c1-14(23)16-3-5-17(6-4-16)19-9-7-18(26-19)12-22-11-15-2-8-20-21(10-15)25-13-24-20/h2-10,14,22-23H,11-13H2,1H3/t14-/m1/s1. The van der Waals surface area contributed by atoms with E-state index in [4.69, 9.17) is 13.9 Å². The average molecular weight is 351 g/mol. The number of furan rings is 1. The lowest BCUT2D eigenvalue weighted by molar-refractivity contribution is 0.174. The highest BCUT2D eigenvalue weighted by Crippen LogP contribution is 2.32. The second-order valence-electron chi connectivity index (χ2n) is 6.36. The van der Waals surface area contributed by atoms with Crippen molar-refractivity contribution >= 4 is 0 Å². The maximum Gasteiger partial charge on any atom is 0.231 e. The number of hydrogen-bond donors (Lipinski definition) is 2. The Morgan fingerprint density at radius 3 is 2.58 bits per heavy atom. The van der Waals surface area contributed by atoms with Crippen molar-refractivity contribution in [2.45, 2.75) is 26.1 Å². The third kappa shape index (κ3) is 3.59. The Morgan fingerprint density at radius 1 is 0.962 bits per heavy atom. The predicted molar refractivity (Wildman–Crippen MR) is 97.9 cm³/mol. The predicted octanol–water partition coefficient (Wildman–Crippen LogP) is 4.02. The summed E-state index contributed by atoms with van der Waals surface area (Å²) < 4.78 is 16.6. The van der Waals surface area contributed by atoms with Crippen LogP contribution in [0.15, 0.2) is 59.0 Å². The van der Waals surface area contributed by atoms with Crippen LogP contribution in [0.25, 0.3) is 11.3 Å². The first-order valence-electron chi connectivity index (χ1n) is 8.65. The zero-order valence-electron chi connectivity index (χ0n) is 14.6. The molecule has 0 fully saturated rings. The molecule has 0 saturated heterocycles. The van der Waals surface area contributed by atoms with E-state index in [-0.39, 0.29) is 0 Å². The van der Waals surface area contributed by atoms with Crippen LogP contribution in [0.2, 0.25) is 0 Å². The summed E-state index contributed by atoms with van der Waals surface area (Å²) in [6.07, 6.45) is -0.461. The van der Waals surface area contributed by atoms with Crippen molar-refractivity contribution in [1.29, 1.82) is 0 Å². The molecular weight excluding hydrogens is 330 g/mol. The lowest BCUT2D eigenvalue weighted by atomic mass is 10.1. The van der Waals surface area contributed by atoms with Crippen molar-refractivity contribution in [2.75, 3.05) is 6.79 Å². The van der Waals surface area contributed by atoms with Crippen molar-refractivity contribution in [1.82, 2.24) is 5.32 Å². The molecule has 5 heteroatoms. The van der Waals surface area contributed by atoms with Gasteiger partial charge >= 0.3 is 0 Å². The maximum absolute atomic E-state index is 9.59. The van der Waals surface area contributed by atoms with Crippen LogP contribution < -0.4 is 14.8 Å². The Morgan fingerprint density at radius 2 is 1.77 bits per heavy atom. The normalized spacial score (nSPS) is 13.8. The molecule has 0 unspecified atom stereocenters. The molecule has 134 valence electrons. The zero-order valence-corrected chi connectivity index (χ0v) is 14.6. The number of aliphatic hydroxyl groups is 1. The third-order valence-electron chi connectivity index (χ3n) is 4.40. The summed E-state index contributed by atoms with van der Waals surface area (Å²) in [4.78, 5) is 0. The van der Waals surface area contributed by atoms with Crippen LogP contribution >= 0.6 is 0 Å². The number of ether oxygens (including phenoxy) is 2. The SMILES string of the molecule is C[C@@H](O)c1ccc(-c2ccc(CNCc3ccc4c(c3)OCO4)o2)cc1. The maximum atomic E-state index is 9.59. The molecule has 26 heavy (non-hydrogen) atoms. The van der Waals surface area contributed by atoms with Gasteiger partial charge in [0.05, 0.1) is 12.6 Å². The third-order valence-corrected chi connectivity index (χ3v) is 4.40. The fourth-order valence-electron chi connectivity index (χ4n) is 2.93. The molecule has 0 spiro atoms. The van der Waals surface area contributed by atoms with Crippen molar-refractivity contribution in [2.24, 2.45) is 0 Å². The summed E-state index contributed by atoms with van der Waals surface area (Å²) in [6, 6.07) is 17.7. The van der Waals surface area contributed by atoms with Gasteiger partial charge in [-0.1, -0.05) is 30.3 Å². The summed E-state index contributed by atoms with van der Waals surface area (Å²) in [5, 5.41) is 13.0. The minimum Gasteiger partial charge on any atom is -0.460 e. The van der Waals surface area contributed by atoms with E-state index in [9.17, 15) is 5.11 Å². The fourth-order valence-corrected chi connectivity index (χ4v) is 2.93. The minimum atomic E-state index is -0.461. The van der Waals surface area contributed by atoms with Gasteiger partial charge in [-0.25, -0.2) is 0 Å². The molecular formula is C21H21NO4. The van der Waals surface area contributed by atoms with E-state index in [1.54, 1.807) is 6.92 Å². The van der Waals surface area contributed by atoms with Crippen molar-refractivity contribution in [3.05, 3.63) is 71.5 Å². The topological polar surface area (TPSA) is 63.9 Å². The molecule has 4 rings (SSSR count). The highest BCUT2D eigenvalue weighted by Gasteiger charge is 2.13. The van der Waals surface area contributed by atoms with Gasteiger partial charge in [0.15, 0.2) is 11.5 Å². The van der Waals surface area contributed by atoms with Crippen LogP contribution in [0.3, 0.4) is 0 Å². The molecule has 0 bridgehead atoms. The molecule has 2 N–H and O–H groups in total. The Kier molecular flexibility index (Phi) is 4.65. The van der Waals surface area contributed by atoms with Gasteiger partial charge in [0.1, 0.15) is 11.5 Å². The molecule has 0 saturated carbocycles. The molecule has 1 aliphatic rings. The summed E-state index contributed by atoms with van der Waals surface area (Å²) in [6.45, 7) is 3.40. The van der Waals surface area contributed by atoms with Crippen LogP contribution in [0.4, 0.5) is 0 Å². The second kappa shape index (κ2) is 7.23. The van der Waals surface area contributed by atoms with Gasteiger partial charge in [0, 0.05) is 12.1 Å². The van der Waals surface area contributed by atoms with Gasteiger partial charge in [0.2, 0.25) is 6.79 Å². The molecule has 1 aromatic heterocycles. The van der Waals surface area contributed by atoms with Gasteiger partial charge < -0.3 is 24.3 Å². The highest BCUT2D eigenvalue weighted by molar-refractivity contribution is 5.58. The summed E-state index contributed by atoms with van der Waals surface area (Å²) >= 11 is 0. The van der Waals surface area contributed by atoms with Crippen LogP contribution in [0, 0.1) is 0 Å².